The first-order valence-electron chi connectivity index (χ1n) is 6.34. The second-order valence-electron chi connectivity index (χ2n) is 4.69. The van der Waals surface area contributed by atoms with Gasteiger partial charge in [0.1, 0.15) is 5.82 Å². The summed E-state index contributed by atoms with van der Waals surface area (Å²) >= 11 is 3.55. The number of rotatable bonds is 4. The van der Waals surface area contributed by atoms with Crippen LogP contribution in [-0.2, 0) is 0 Å². The first-order chi connectivity index (χ1) is 9.08. The number of nitrogens with one attached hydrogen (secondary N) is 1. The third-order valence-corrected chi connectivity index (χ3v) is 3.94. The summed E-state index contributed by atoms with van der Waals surface area (Å²) in [4.78, 5) is 0. The fraction of sp³-hybridized carbons (Fsp3) is 0.250. The zero-order valence-electron chi connectivity index (χ0n) is 11.0. The van der Waals surface area contributed by atoms with E-state index in [9.17, 15) is 4.39 Å². The highest BCUT2D eigenvalue weighted by Gasteiger charge is 2.13. The maximum Gasteiger partial charge on any atom is 0.123 e. The molecule has 0 aliphatic carbocycles. The predicted octanol–water partition coefficient (Wildman–Crippen LogP) is 5.00. The zero-order valence-corrected chi connectivity index (χ0v) is 12.6. The lowest BCUT2D eigenvalue weighted by molar-refractivity contribution is 0.491. The van der Waals surface area contributed by atoms with E-state index in [2.05, 4.69) is 34.2 Å². The van der Waals surface area contributed by atoms with Crippen LogP contribution in [0.15, 0.2) is 53.0 Å². The Balaban J connectivity index is 2.11. The summed E-state index contributed by atoms with van der Waals surface area (Å²) < 4.78 is 14.3. The third kappa shape index (κ3) is 3.64. The lowest BCUT2D eigenvalue weighted by Crippen LogP contribution is -2.22. The summed E-state index contributed by atoms with van der Waals surface area (Å²) in [5.41, 5.74) is 2.16. The van der Waals surface area contributed by atoms with Crippen LogP contribution in [0.2, 0.25) is 0 Å². The molecule has 0 aliphatic heterocycles. The average Bonchev–Trinajstić information content (AvgIpc) is 2.39. The van der Waals surface area contributed by atoms with Gasteiger partial charge in [0.15, 0.2) is 0 Å². The van der Waals surface area contributed by atoms with Crippen LogP contribution >= 0.6 is 15.9 Å². The molecular weight excluding hydrogens is 305 g/mol. The molecule has 0 radical (unpaired) electrons. The highest BCUT2D eigenvalue weighted by molar-refractivity contribution is 9.10. The average molecular weight is 322 g/mol. The summed E-state index contributed by atoms with van der Waals surface area (Å²) in [5, 5.41) is 3.48. The van der Waals surface area contributed by atoms with Crippen LogP contribution < -0.4 is 5.32 Å². The second-order valence-corrected chi connectivity index (χ2v) is 5.54. The maximum absolute atomic E-state index is 13.2. The normalized spacial score (nSPS) is 14.1. The lowest BCUT2D eigenvalue weighted by atomic mass is 10.0. The van der Waals surface area contributed by atoms with Gasteiger partial charge in [-0.1, -0.05) is 46.3 Å². The number of hydrogen-bond acceptors (Lipinski definition) is 1. The quantitative estimate of drug-likeness (QED) is 0.835. The Morgan fingerprint density at radius 3 is 2.42 bits per heavy atom. The SMILES string of the molecule is CC(N[C@@H](C)c1ccccc1Br)c1cccc(F)c1. The summed E-state index contributed by atoms with van der Waals surface area (Å²) in [6.07, 6.45) is 0. The van der Waals surface area contributed by atoms with Crippen molar-refractivity contribution >= 4 is 15.9 Å². The van der Waals surface area contributed by atoms with Gasteiger partial charge in [0.05, 0.1) is 0 Å². The van der Waals surface area contributed by atoms with Crippen molar-refractivity contribution < 1.29 is 4.39 Å². The Morgan fingerprint density at radius 2 is 1.74 bits per heavy atom. The van der Waals surface area contributed by atoms with Gasteiger partial charge in [0, 0.05) is 16.6 Å². The van der Waals surface area contributed by atoms with Crippen molar-refractivity contribution in [3.05, 3.63) is 69.9 Å². The van der Waals surface area contributed by atoms with Crippen LogP contribution in [0.4, 0.5) is 4.39 Å². The van der Waals surface area contributed by atoms with Crippen LogP contribution in [0.1, 0.15) is 37.1 Å². The maximum atomic E-state index is 13.2. The third-order valence-electron chi connectivity index (χ3n) is 3.22. The van der Waals surface area contributed by atoms with Gasteiger partial charge in [-0.25, -0.2) is 4.39 Å². The number of hydrogen-bond donors (Lipinski definition) is 1. The molecule has 0 amide bonds. The minimum absolute atomic E-state index is 0.0952. The standard InChI is InChI=1S/C16H17BrFN/c1-11(13-6-5-7-14(18)10-13)19-12(2)15-8-3-4-9-16(15)17/h3-12,19H,1-2H3/t11?,12-/m0/s1. The molecule has 2 atom stereocenters. The molecule has 0 saturated carbocycles. The van der Waals surface area contributed by atoms with Crippen molar-refractivity contribution in [3.63, 3.8) is 0 Å². The fourth-order valence-electron chi connectivity index (χ4n) is 2.16. The van der Waals surface area contributed by atoms with Gasteiger partial charge < -0.3 is 5.32 Å². The van der Waals surface area contributed by atoms with Gasteiger partial charge in [0.2, 0.25) is 0 Å². The first-order valence-corrected chi connectivity index (χ1v) is 7.13. The monoisotopic (exact) mass is 321 g/mol. The van der Waals surface area contributed by atoms with E-state index in [0.29, 0.717) is 0 Å². The van der Waals surface area contributed by atoms with Gasteiger partial charge in [-0.15, -0.1) is 0 Å². The van der Waals surface area contributed by atoms with Gasteiger partial charge in [-0.05, 0) is 43.2 Å². The molecule has 2 rings (SSSR count). The van der Waals surface area contributed by atoms with Crippen LogP contribution in [0.25, 0.3) is 0 Å². The van der Waals surface area contributed by atoms with Gasteiger partial charge in [0.25, 0.3) is 0 Å². The molecule has 3 heteroatoms. The van der Waals surface area contributed by atoms with Crippen LogP contribution in [0.3, 0.4) is 0 Å². The Bertz CT molecular complexity index is 556. The zero-order chi connectivity index (χ0) is 13.8. The minimum Gasteiger partial charge on any atom is -0.304 e. The summed E-state index contributed by atoms with van der Waals surface area (Å²) in [6, 6.07) is 15.1. The Labute approximate surface area is 122 Å². The molecule has 0 aliphatic rings. The number of halogens is 2. The summed E-state index contributed by atoms with van der Waals surface area (Å²) in [6.45, 7) is 4.15. The van der Waals surface area contributed by atoms with Crippen molar-refractivity contribution in [2.45, 2.75) is 25.9 Å². The van der Waals surface area contributed by atoms with E-state index in [-0.39, 0.29) is 17.9 Å². The van der Waals surface area contributed by atoms with E-state index in [1.807, 2.05) is 31.2 Å². The first kappa shape index (κ1) is 14.2. The molecule has 2 aromatic rings. The molecule has 1 nitrogen and oxygen atoms in total. The molecule has 2 aromatic carbocycles. The predicted molar refractivity (Wildman–Crippen MR) is 80.5 cm³/mol. The van der Waals surface area contributed by atoms with E-state index < -0.39 is 0 Å². The van der Waals surface area contributed by atoms with Crippen molar-refractivity contribution in [2.75, 3.05) is 0 Å². The minimum atomic E-state index is -0.195. The lowest BCUT2D eigenvalue weighted by Gasteiger charge is -2.21. The van der Waals surface area contributed by atoms with Gasteiger partial charge >= 0.3 is 0 Å². The highest BCUT2D eigenvalue weighted by atomic mass is 79.9. The second kappa shape index (κ2) is 6.31. The van der Waals surface area contributed by atoms with Crippen molar-refractivity contribution in [1.82, 2.24) is 5.32 Å². The Morgan fingerprint density at radius 1 is 1.00 bits per heavy atom. The molecule has 1 N–H and O–H groups in total. The molecule has 1 unspecified atom stereocenters. The molecule has 0 heterocycles. The van der Waals surface area contributed by atoms with E-state index in [1.54, 1.807) is 12.1 Å². The molecule has 0 spiro atoms. The van der Waals surface area contributed by atoms with Crippen LogP contribution in [0.5, 0.6) is 0 Å². The van der Waals surface area contributed by atoms with E-state index in [1.165, 1.54) is 11.6 Å². The fourth-order valence-corrected chi connectivity index (χ4v) is 2.79. The largest absolute Gasteiger partial charge is 0.304 e. The molecular formula is C16H17BrFN. The summed E-state index contributed by atoms with van der Waals surface area (Å²) in [5.74, 6) is -0.195. The molecule has 0 saturated heterocycles. The number of benzene rings is 2. The molecule has 19 heavy (non-hydrogen) atoms. The molecule has 0 aromatic heterocycles. The Kier molecular flexibility index (Phi) is 4.72. The van der Waals surface area contributed by atoms with Gasteiger partial charge in [-0.3, -0.25) is 0 Å². The van der Waals surface area contributed by atoms with Gasteiger partial charge in [-0.2, -0.15) is 0 Å². The topological polar surface area (TPSA) is 12.0 Å². The Hall–Kier alpha value is -1.19. The van der Waals surface area contributed by atoms with Crippen LogP contribution in [-0.4, -0.2) is 0 Å². The van der Waals surface area contributed by atoms with Crippen molar-refractivity contribution in [2.24, 2.45) is 0 Å². The van der Waals surface area contributed by atoms with Crippen molar-refractivity contribution in [3.8, 4) is 0 Å². The van der Waals surface area contributed by atoms with Crippen molar-refractivity contribution in [1.29, 1.82) is 0 Å². The van der Waals surface area contributed by atoms with E-state index >= 15 is 0 Å². The molecule has 0 bridgehead atoms. The smallest absolute Gasteiger partial charge is 0.123 e. The summed E-state index contributed by atoms with van der Waals surface area (Å²) in [7, 11) is 0. The van der Waals surface area contributed by atoms with E-state index in [4.69, 9.17) is 0 Å². The van der Waals surface area contributed by atoms with E-state index in [0.717, 1.165) is 10.0 Å². The highest BCUT2D eigenvalue weighted by Crippen LogP contribution is 2.25. The molecule has 100 valence electrons. The van der Waals surface area contributed by atoms with Crippen LogP contribution in [0, 0.1) is 5.82 Å². The molecule has 0 fully saturated rings.